The summed E-state index contributed by atoms with van der Waals surface area (Å²) in [6.45, 7) is 6.09. The van der Waals surface area contributed by atoms with E-state index in [0.717, 1.165) is 12.1 Å². The third-order valence-corrected chi connectivity index (χ3v) is 3.43. The van der Waals surface area contributed by atoms with E-state index in [4.69, 9.17) is 9.47 Å². The van der Waals surface area contributed by atoms with Crippen LogP contribution in [0, 0.1) is 0 Å². The van der Waals surface area contributed by atoms with Gasteiger partial charge < -0.3 is 19.7 Å². The first-order valence-electron chi connectivity index (χ1n) is 6.76. The lowest BCUT2D eigenvalue weighted by Gasteiger charge is -2.34. The number of ether oxygens (including phenoxy) is 2. The highest BCUT2D eigenvalue weighted by Gasteiger charge is 2.22. The predicted molar refractivity (Wildman–Crippen MR) is 78.1 cm³/mol. The summed E-state index contributed by atoms with van der Waals surface area (Å²) in [6.07, 6.45) is 0. The van der Waals surface area contributed by atoms with E-state index in [0.29, 0.717) is 13.2 Å². The van der Waals surface area contributed by atoms with Crippen LogP contribution in [0.1, 0.15) is 25.5 Å². The second-order valence-electron chi connectivity index (χ2n) is 4.99. The van der Waals surface area contributed by atoms with Crippen molar-refractivity contribution in [3.63, 3.8) is 0 Å². The molecule has 0 saturated heterocycles. The molecule has 0 aliphatic heterocycles. The largest absolute Gasteiger partial charge is 0.508 e. The molecule has 1 aromatic rings. The maximum Gasteiger partial charge on any atom is 0.119 e. The van der Waals surface area contributed by atoms with E-state index in [-0.39, 0.29) is 23.6 Å². The Balaban J connectivity index is 2.92. The van der Waals surface area contributed by atoms with Crippen LogP contribution in [0.15, 0.2) is 18.2 Å². The molecule has 2 atom stereocenters. The van der Waals surface area contributed by atoms with Crippen molar-refractivity contribution in [2.24, 2.45) is 0 Å². The van der Waals surface area contributed by atoms with Gasteiger partial charge in [0.2, 0.25) is 0 Å². The highest BCUT2D eigenvalue weighted by molar-refractivity contribution is 5.38. The van der Waals surface area contributed by atoms with Gasteiger partial charge in [-0.15, -0.1) is 0 Å². The number of phenols is 2. The normalized spacial score (nSPS) is 14.4. The summed E-state index contributed by atoms with van der Waals surface area (Å²) >= 11 is 0. The average molecular weight is 283 g/mol. The van der Waals surface area contributed by atoms with Crippen LogP contribution >= 0.6 is 0 Å². The number of aromatic hydroxyl groups is 2. The van der Waals surface area contributed by atoms with Crippen molar-refractivity contribution in [3.05, 3.63) is 23.8 Å². The number of phenolic OH excluding ortho intramolecular Hbond substituents is 2. The molecule has 0 aliphatic rings. The third-order valence-electron chi connectivity index (χ3n) is 3.43. The zero-order valence-corrected chi connectivity index (χ0v) is 12.7. The van der Waals surface area contributed by atoms with Crippen LogP contribution < -0.4 is 0 Å². The van der Waals surface area contributed by atoms with Crippen LogP contribution in [0.5, 0.6) is 11.5 Å². The summed E-state index contributed by atoms with van der Waals surface area (Å²) in [7, 11) is 3.35. The molecule has 0 bridgehead atoms. The number of benzene rings is 1. The molecular formula is C15H25NO4. The molecule has 5 nitrogen and oxygen atoms in total. The van der Waals surface area contributed by atoms with E-state index >= 15 is 0 Å². The minimum Gasteiger partial charge on any atom is -0.508 e. The van der Waals surface area contributed by atoms with Crippen molar-refractivity contribution in [1.29, 1.82) is 0 Å². The van der Waals surface area contributed by atoms with Crippen LogP contribution in [0.4, 0.5) is 0 Å². The first kappa shape index (κ1) is 16.8. The summed E-state index contributed by atoms with van der Waals surface area (Å²) in [5.74, 6) is 0.135. The van der Waals surface area contributed by atoms with E-state index in [9.17, 15) is 10.2 Å². The predicted octanol–water partition coefficient (Wildman–Crippen LogP) is 2.14. The standard InChI is InChI=1S/C15H25NO4/c1-11(10-20-4)16(5-6-19-3)12(2)13-7-14(17)9-15(18)8-13/h7-9,11-12,17-18H,5-6,10H2,1-4H3. The molecule has 1 aromatic carbocycles. The molecule has 2 unspecified atom stereocenters. The average Bonchev–Trinajstić information content (AvgIpc) is 2.38. The van der Waals surface area contributed by atoms with E-state index in [1.54, 1.807) is 26.4 Å². The second-order valence-corrected chi connectivity index (χ2v) is 4.99. The van der Waals surface area contributed by atoms with Gasteiger partial charge in [-0.25, -0.2) is 0 Å². The summed E-state index contributed by atoms with van der Waals surface area (Å²) in [4.78, 5) is 2.22. The van der Waals surface area contributed by atoms with E-state index < -0.39 is 0 Å². The van der Waals surface area contributed by atoms with E-state index in [1.165, 1.54) is 6.07 Å². The Labute approximate surface area is 120 Å². The van der Waals surface area contributed by atoms with Crippen LogP contribution in [-0.2, 0) is 9.47 Å². The summed E-state index contributed by atoms with van der Waals surface area (Å²) in [5.41, 5.74) is 0.863. The molecule has 0 spiro atoms. The van der Waals surface area contributed by atoms with Gasteiger partial charge in [-0.2, -0.15) is 0 Å². The van der Waals surface area contributed by atoms with Gasteiger partial charge in [-0.1, -0.05) is 0 Å². The van der Waals surface area contributed by atoms with Gasteiger partial charge in [-0.3, -0.25) is 4.90 Å². The molecule has 0 radical (unpaired) electrons. The maximum absolute atomic E-state index is 9.61. The lowest BCUT2D eigenvalue weighted by atomic mass is 10.0. The fourth-order valence-corrected chi connectivity index (χ4v) is 2.38. The Hall–Kier alpha value is -1.30. The van der Waals surface area contributed by atoms with Crippen molar-refractivity contribution in [3.8, 4) is 11.5 Å². The minimum absolute atomic E-state index is 0.0355. The maximum atomic E-state index is 9.61. The molecule has 1 rings (SSSR count). The Morgan fingerprint density at radius 3 is 2.15 bits per heavy atom. The van der Waals surface area contributed by atoms with Crippen molar-refractivity contribution < 1.29 is 19.7 Å². The fraction of sp³-hybridized carbons (Fsp3) is 0.600. The lowest BCUT2D eigenvalue weighted by molar-refractivity contribution is 0.0513. The topological polar surface area (TPSA) is 62.2 Å². The Morgan fingerprint density at radius 1 is 1.05 bits per heavy atom. The zero-order valence-electron chi connectivity index (χ0n) is 12.7. The molecule has 0 fully saturated rings. The SMILES string of the molecule is COCCN(C(C)COC)C(C)c1cc(O)cc(O)c1. The number of rotatable bonds is 8. The van der Waals surface area contributed by atoms with Crippen LogP contribution in [0.25, 0.3) is 0 Å². The second kappa shape index (κ2) is 8.09. The van der Waals surface area contributed by atoms with E-state index in [1.807, 2.05) is 6.92 Å². The smallest absolute Gasteiger partial charge is 0.119 e. The first-order valence-corrected chi connectivity index (χ1v) is 6.76. The first-order chi connectivity index (χ1) is 9.49. The van der Waals surface area contributed by atoms with Gasteiger partial charge in [-0.05, 0) is 31.5 Å². The van der Waals surface area contributed by atoms with Gasteiger partial charge in [0.05, 0.1) is 13.2 Å². The van der Waals surface area contributed by atoms with Gasteiger partial charge in [0.1, 0.15) is 11.5 Å². The van der Waals surface area contributed by atoms with Crippen molar-refractivity contribution in [2.45, 2.75) is 25.9 Å². The fourth-order valence-electron chi connectivity index (χ4n) is 2.38. The van der Waals surface area contributed by atoms with Crippen molar-refractivity contribution in [1.82, 2.24) is 4.90 Å². The molecule has 2 N–H and O–H groups in total. The van der Waals surface area contributed by atoms with Crippen LogP contribution in [0.3, 0.4) is 0 Å². The van der Waals surface area contributed by atoms with Crippen molar-refractivity contribution in [2.75, 3.05) is 34.0 Å². The van der Waals surface area contributed by atoms with Crippen molar-refractivity contribution >= 4 is 0 Å². The molecule has 5 heteroatoms. The van der Waals surface area contributed by atoms with Crippen LogP contribution in [0.2, 0.25) is 0 Å². The Morgan fingerprint density at radius 2 is 1.65 bits per heavy atom. The number of hydrogen-bond acceptors (Lipinski definition) is 5. The summed E-state index contributed by atoms with van der Waals surface area (Å²) < 4.78 is 10.4. The molecule has 0 aliphatic carbocycles. The van der Waals surface area contributed by atoms with Gasteiger partial charge in [0.15, 0.2) is 0 Å². The van der Waals surface area contributed by atoms with Gasteiger partial charge in [0.25, 0.3) is 0 Å². The summed E-state index contributed by atoms with van der Waals surface area (Å²) in [5, 5.41) is 19.2. The molecule has 0 aromatic heterocycles. The summed E-state index contributed by atoms with van der Waals surface area (Å²) in [6, 6.07) is 4.91. The Bertz CT molecular complexity index is 391. The zero-order chi connectivity index (χ0) is 15.1. The van der Waals surface area contributed by atoms with Crippen LogP contribution in [-0.4, -0.2) is 55.1 Å². The molecule has 114 valence electrons. The third kappa shape index (κ3) is 4.67. The quantitative estimate of drug-likeness (QED) is 0.765. The monoisotopic (exact) mass is 283 g/mol. The minimum atomic E-state index is 0.0355. The Kier molecular flexibility index (Phi) is 6.78. The molecule has 0 heterocycles. The number of hydrogen-bond donors (Lipinski definition) is 2. The van der Waals surface area contributed by atoms with Gasteiger partial charge in [0, 0.05) is 38.9 Å². The number of methoxy groups -OCH3 is 2. The van der Waals surface area contributed by atoms with Gasteiger partial charge >= 0.3 is 0 Å². The number of nitrogens with zero attached hydrogens (tertiary/aromatic N) is 1. The molecular weight excluding hydrogens is 258 g/mol. The molecule has 20 heavy (non-hydrogen) atoms. The molecule has 0 saturated carbocycles. The highest BCUT2D eigenvalue weighted by Crippen LogP contribution is 2.29. The highest BCUT2D eigenvalue weighted by atomic mass is 16.5. The lowest BCUT2D eigenvalue weighted by Crippen LogP contribution is -2.40. The molecule has 0 amide bonds. The van der Waals surface area contributed by atoms with E-state index in [2.05, 4.69) is 11.8 Å².